The molecular formula is C14H17ClFNO2. The van der Waals surface area contributed by atoms with Crippen LogP contribution in [0.2, 0.25) is 5.02 Å². The molecule has 5 heteroatoms. The van der Waals surface area contributed by atoms with Crippen LogP contribution in [0.5, 0.6) is 0 Å². The summed E-state index contributed by atoms with van der Waals surface area (Å²) < 4.78 is 18.8. The van der Waals surface area contributed by atoms with Crippen LogP contribution in [0, 0.1) is 5.82 Å². The molecule has 19 heavy (non-hydrogen) atoms. The molecule has 1 aliphatic carbocycles. The van der Waals surface area contributed by atoms with Crippen molar-refractivity contribution in [2.45, 2.75) is 37.8 Å². The molecule has 0 heterocycles. The van der Waals surface area contributed by atoms with E-state index in [0.29, 0.717) is 0 Å². The number of rotatable bonds is 4. The monoisotopic (exact) mass is 285 g/mol. The normalized spacial score (nSPS) is 17.4. The number of methoxy groups -OCH3 is 1. The van der Waals surface area contributed by atoms with Crippen molar-refractivity contribution in [1.82, 2.24) is 5.32 Å². The fourth-order valence-corrected chi connectivity index (χ4v) is 2.66. The van der Waals surface area contributed by atoms with Crippen molar-refractivity contribution in [2.75, 3.05) is 7.11 Å². The second-order valence-corrected chi connectivity index (χ2v) is 5.15. The molecule has 0 aliphatic heterocycles. The molecule has 1 aromatic rings. The van der Waals surface area contributed by atoms with E-state index >= 15 is 0 Å². The van der Waals surface area contributed by atoms with Crippen LogP contribution < -0.4 is 5.32 Å². The first kappa shape index (κ1) is 14.3. The SMILES string of the molecule is COC(=O)C(NC1CCCC1)c1cccc(Cl)c1F. The largest absolute Gasteiger partial charge is 0.468 e. The van der Waals surface area contributed by atoms with Crippen LogP contribution in [0.3, 0.4) is 0 Å². The predicted molar refractivity (Wildman–Crippen MR) is 71.6 cm³/mol. The Morgan fingerprint density at radius 2 is 2.16 bits per heavy atom. The number of halogens is 2. The highest BCUT2D eigenvalue weighted by Gasteiger charge is 2.29. The van der Waals surface area contributed by atoms with Gasteiger partial charge in [0.25, 0.3) is 0 Å². The van der Waals surface area contributed by atoms with E-state index in [9.17, 15) is 9.18 Å². The summed E-state index contributed by atoms with van der Waals surface area (Å²) in [6.07, 6.45) is 4.25. The minimum atomic E-state index is -0.799. The number of carbonyl (C=O) groups is 1. The summed E-state index contributed by atoms with van der Waals surface area (Å²) in [6.45, 7) is 0. The minimum absolute atomic E-state index is 0.0135. The topological polar surface area (TPSA) is 38.3 Å². The fourth-order valence-electron chi connectivity index (χ4n) is 2.47. The maximum Gasteiger partial charge on any atom is 0.327 e. The van der Waals surface area contributed by atoms with Crippen LogP contribution in [0.15, 0.2) is 18.2 Å². The molecule has 0 radical (unpaired) electrons. The number of benzene rings is 1. The summed E-state index contributed by atoms with van der Waals surface area (Å²) in [5.74, 6) is -1.06. The molecule has 1 aliphatic rings. The Morgan fingerprint density at radius 3 is 2.79 bits per heavy atom. The van der Waals surface area contributed by atoms with E-state index in [1.165, 1.54) is 13.2 Å². The van der Waals surface area contributed by atoms with Gasteiger partial charge in [-0.25, -0.2) is 9.18 Å². The minimum Gasteiger partial charge on any atom is -0.468 e. The first-order valence-corrected chi connectivity index (χ1v) is 6.79. The molecule has 1 atom stereocenters. The third-order valence-corrected chi connectivity index (χ3v) is 3.78. The zero-order valence-corrected chi connectivity index (χ0v) is 11.5. The number of ether oxygens (including phenoxy) is 1. The Balaban J connectivity index is 2.25. The zero-order chi connectivity index (χ0) is 13.8. The van der Waals surface area contributed by atoms with Gasteiger partial charge < -0.3 is 4.74 Å². The zero-order valence-electron chi connectivity index (χ0n) is 10.8. The Hall–Kier alpha value is -1.13. The Bertz CT molecular complexity index is 461. The van der Waals surface area contributed by atoms with Crippen LogP contribution in [0.1, 0.15) is 37.3 Å². The van der Waals surface area contributed by atoms with Gasteiger partial charge >= 0.3 is 5.97 Å². The van der Waals surface area contributed by atoms with Gasteiger partial charge in [-0.3, -0.25) is 5.32 Å². The van der Waals surface area contributed by atoms with Crippen molar-refractivity contribution in [1.29, 1.82) is 0 Å². The van der Waals surface area contributed by atoms with Crippen LogP contribution in [-0.4, -0.2) is 19.1 Å². The van der Waals surface area contributed by atoms with Gasteiger partial charge in [-0.2, -0.15) is 0 Å². The highest BCUT2D eigenvalue weighted by atomic mass is 35.5. The van der Waals surface area contributed by atoms with E-state index in [4.69, 9.17) is 16.3 Å². The smallest absolute Gasteiger partial charge is 0.327 e. The van der Waals surface area contributed by atoms with Crippen molar-refractivity contribution >= 4 is 17.6 Å². The summed E-state index contributed by atoms with van der Waals surface area (Å²) in [6, 6.07) is 4.08. The van der Waals surface area contributed by atoms with Crippen LogP contribution in [-0.2, 0) is 9.53 Å². The summed E-state index contributed by atoms with van der Waals surface area (Å²) in [5.41, 5.74) is 0.242. The van der Waals surface area contributed by atoms with E-state index in [1.807, 2.05) is 0 Å². The van der Waals surface area contributed by atoms with Gasteiger partial charge in [0, 0.05) is 11.6 Å². The van der Waals surface area contributed by atoms with Crippen molar-refractivity contribution in [3.8, 4) is 0 Å². The molecule has 0 bridgehead atoms. The number of carbonyl (C=O) groups excluding carboxylic acids is 1. The van der Waals surface area contributed by atoms with Gasteiger partial charge in [0.15, 0.2) is 0 Å². The molecule has 1 aromatic carbocycles. The summed E-state index contributed by atoms with van der Waals surface area (Å²) in [5, 5.41) is 3.19. The summed E-state index contributed by atoms with van der Waals surface area (Å²) in [4.78, 5) is 11.9. The highest BCUT2D eigenvalue weighted by Crippen LogP contribution is 2.27. The van der Waals surface area contributed by atoms with Gasteiger partial charge in [0.1, 0.15) is 11.9 Å². The lowest BCUT2D eigenvalue weighted by molar-refractivity contribution is -0.143. The van der Waals surface area contributed by atoms with Crippen LogP contribution in [0.25, 0.3) is 0 Å². The lowest BCUT2D eigenvalue weighted by Crippen LogP contribution is -2.36. The summed E-state index contributed by atoms with van der Waals surface area (Å²) in [7, 11) is 1.30. The number of nitrogens with one attached hydrogen (secondary N) is 1. The molecule has 1 fully saturated rings. The van der Waals surface area contributed by atoms with Crippen molar-refractivity contribution in [3.63, 3.8) is 0 Å². The molecule has 0 aromatic heterocycles. The van der Waals surface area contributed by atoms with Crippen molar-refractivity contribution in [3.05, 3.63) is 34.6 Å². The molecule has 2 rings (SSSR count). The van der Waals surface area contributed by atoms with Gasteiger partial charge in [0.05, 0.1) is 12.1 Å². The standard InChI is InChI=1S/C14H17ClFNO2/c1-19-14(18)13(17-9-5-2-3-6-9)10-7-4-8-11(15)12(10)16/h4,7-9,13,17H,2-3,5-6H2,1H3. The lowest BCUT2D eigenvalue weighted by atomic mass is 10.0. The quantitative estimate of drug-likeness (QED) is 0.863. The predicted octanol–water partition coefficient (Wildman–Crippen LogP) is 3.23. The molecule has 0 saturated heterocycles. The van der Waals surface area contributed by atoms with Gasteiger partial charge in [-0.15, -0.1) is 0 Å². The van der Waals surface area contributed by atoms with Gasteiger partial charge in [0.2, 0.25) is 0 Å². The Morgan fingerprint density at radius 1 is 1.47 bits per heavy atom. The molecule has 3 nitrogen and oxygen atoms in total. The first-order chi connectivity index (χ1) is 9.13. The van der Waals surface area contributed by atoms with Crippen LogP contribution in [0.4, 0.5) is 4.39 Å². The Labute approximate surface area is 117 Å². The molecular weight excluding hydrogens is 269 g/mol. The average molecular weight is 286 g/mol. The second kappa shape index (κ2) is 6.35. The highest BCUT2D eigenvalue weighted by molar-refractivity contribution is 6.30. The molecule has 1 saturated carbocycles. The van der Waals surface area contributed by atoms with Crippen molar-refractivity contribution in [2.24, 2.45) is 0 Å². The number of esters is 1. The van der Waals surface area contributed by atoms with E-state index in [2.05, 4.69) is 5.32 Å². The third-order valence-electron chi connectivity index (χ3n) is 3.49. The third kappa shape index (κ3) is 3.25. The van der Waals surface area contributed by atoms with E-state index in [1.54, 1.807) is 12.1 Å². The maximum absolute atomic E-state index is 14.0. The first-order valence-electron chi connectivity index (χ1n) is 6.41. The van der Waals surface area contributed by atoms with Gasteiger partial charge in [-0.1, -0.05) is 36.6 Å². The number of hydrogen-bond acceptors (Lipinski definition) is 3. The van der Waals surface area contributed by atoms with Crippen molar-refractivity contribution < 1.29 is 13.9 Å². The van der Waals surface area contributed by atoms with E-state index in [0.717, 1.165) is 25.7 Å². The second-order valence-electron chi connectivity index (χ2n) is 4.75. The van der Waals surface area contributed by atoms with E-state index < -0.39 is 17.8 Å². The molecule has 104 valence electrons. The maximum atomic E-state index is 14.0. The molecule has 0 amide bonds. The van der Waals surface area contributed by atoms with Crippen LogP contribution >= 0.6 is 11.6 Å². The summed E-state index contributed by atoms with van der Waals surface area (Å²) >= 11 is 5.77. The van der Waals surface area contributed by atoms with Gasteiger partial charge in [-0.05, 0) is 18.9 Å². The molecule has 1 unspecified atom stereocenters. The Kier molecular flexibility index (Phi) is 4.77. The van der Waals surface area contributed by atoms with E-state index in [-0.39, 0.29) is 16.6 Å². The average Bonchev–Trinajstić information content (AvgIpc) is 2.92. The fraction of sp³-hybridized carbons (Fsp3) is 0.500. The number of hydrogen-bond donors (Lipinski definition) is 1. The molecule has 1 N–H and O–H groups in total. The molecule has 0 spiro atoms. The lowest BCUT2D eigenvalue weighted by Gasteiger charge is -2.21.